The summed E-state index contributed by atoms with van der Waals surface area (Å²) in [5, 5.41) is 0. The monoisotopic (exact) mass is 376 g/mol. The molecule has 1 saturated carbocycles. The molecule has 7 heteroatoms. The molecule has 0 bridgehead atoms. The lowest BCUT2D eigenvalue weighted by atomic mass is 9.99. The molecule has 6 nitrogen and oxygen atoms in total. The third kappa shape index (κ3) is 4.09. The van der Waals surface area contributed by atoms with Crippen molar-refractivity contribution in [2.45, 2.75) is 26.7 Å². The molecule has 26 heavy (non-hydrogen) atoms. The first-order valence-corrected chi connectivity index (χ1v) is 10.4. The fraction of sp³-hybridized carbons (Fsp3) is 0.421. The van der Waals surface area contributed by atoms with Crippen molar-refractivity contribution in [1.82, 2.24) is 4.57 Å². The van der Waals surface area contributed by atoms with Gasteiger partial charge in [-0.05, 0) is 56.4 Å². The molecular weight excluding hydrogens is 352 g/mol. The molecule has 140 valence electrons. The van der Waals surface area contributed by atoms with Gasteiger partial charge in [0.2, 0.25) is 15.6 Å². The molecule has 1 aliphatic rings. The molecule has 0 saturated heterocycles. The van der Waals surface area contributed by atoms with Crippen LogP contribution in [0.4, 0.5) is 5.69 Å². The highest BCUT2D eigenvalue weighted by Crippen LogP contribution is 2.38. The molecule has 1 heterocycles. The predicted octanol–water partition coefficient (Wildman–Crippen LogP) is 2.91. The molecular formula is C19H24N2O4S. The topological polar surface area (TPSA) is 77.4 Å². The summed E-state index contributed by atoms with van der Waals surface area (Å²) >= 11 is 0. The highest BCUT2D eigenvalue weighted by molar-refractivity contribution is 7.92. The summed E-state index contributed by atoms with van der Waals surface area (Å²) in [5.41, 5.74) is 2.81. The van der Waals surface area contributed by atoms with Crippen LogP contribution in [0.3, 0.4) is 0 Å². The molecule has 2 aromatic rings. The van der Waals surface area contributed by atoms with Gasteiger partial charge in [-0.2, -0.15) is 0 Å². The molecule has 0 aliphatic heterocycles. The lowest BCUT2D eigenvalue weighted by Crippen LogP contribution is -2.16. The van der Waals surface area contributed by atoms with Gasteiger partial charge in [0, 0.05) is 30.4 Å². The van der Waals surface area contributed by atoms with E-state index in [4.69, 9.17) is 4.74 Å². The number of nitrogens with one attached hydrogen (secondary N) is 1. The van der Waals surface area contributed by atoms with E-state index in [1.165, 1.54) is 23.5 Å². The number of aromatic nitrogens is 1. The summed E-state index contributed by atoms with van der Waals surface area (Å²) in [6.45, 7) is 4.11. The van der Waals surface area contributed by atoms with E-state index in [9.17, 15) is 13.2 Å². The Morgan fingerprint density at radius 3 is 2.58 bits per heavy atom. The van der Waals surface area contributed by atoms with Gasteiger partial charge in [-0.25, -0.2) is 8.42 Å². The number of aryl methyl sites for hydroxylation is 1. The molecule has 1 aromatic heterocycles. The Labute approximate surface area is 153 Å². The minimum atomic E-state index is -3.38. The first-order valence-electron chi connectivity index (χ1n) is 8.74. The van der Waals surface area contributed by atoms with Gasteiger partial charge >= 0.3 is 0 Å². The Morgan fingerprint density at radius 2 is 1.96 bits per heavy atom. The maximum Gasteiger partial charge on any atom is 0.250 e. The zero-order valence-electron chi connectivity index (χ0n) is 15.3. The summed E-state index contributed by atoms with van der Waals surface area (Å²) in [6, 6.07) is 6.77. The van der Waals surface area contributed by atoms with Crippen LogP contribution in [0.25, 0.3) is 11.1 Å². The van der Waals surface area contributed by atoms with Crippen LogP contribution >= 0.6 is 0 Å². The highest BCUT2D eigenvalue weighted by Gasteiger charge is 2.23. The van der Waals surface area contributed by atoms with Gasteiger partial charge in [0.15, 0.2) is 0 Å². The normalized spacial score (nSPS) is 14.3. The van der Waals surface area contributed by atoms with E-state index in [1.54, 1.807) is 38.4 Å². The van der Waals surface area contributed by atoms with Crippen LogP contribution < -0.4 is 15.0 Å². The first kappa shape index (κ1) is 18.5. The van der Waals surface area contributed by atoms with E-state index in [1.807, 2.05) is 6.92 Å². The third-order valence-electron chi connectivity index (χ3n) is 4.62. The third-order valence-corrected chi connectivity index (χ3v) is 5.91. The second-order valence-corrected chi connectivity index (χ2v) is 8.75. The van der Waals surface area contributed by atoms with E-state index in [0.717, 1.165) is 16.7 Å². The summed E-state index contributed by atoms with van der Waals surface area (Å²) < 4.78 is 34.1. The van der Waals surface area contributed by atoms with E-state index in [2.05, 4.69) is 4.72 Å². The summed E-state index contributed by atoms with van der Waals surface area (Å²) in [7, 11) is -1.69. The fourth-order valence-corrected chi connectivity index (χ4v) is 3.45. The van der Waals surface area contributed by atoms with Crippen molar-refractivity contribution in [3.05, 3.63) is 46.4 Å². The zero-order valence-corrected chi connectivity index (χ0v) is 16.1. The van der Waals surface area contributed by atoms with Crippen LogP contribution in [0.2, 0.25) is 0 Å². The Bertz CT molecular complexity index is 976. The molecule has 1 aliphatic carbocycles. The average Bonchev–Trinajstić information content (AvgIpc) is 3.42. The Morgan fingerprint density at radius 1 is 1.23 bits per heavy atom. The molecule has 0 radical (unpaired) electrons. The van der Waals surface area contributed by atoms with Crippen LogP contribution in [-0.4, -0.2) is 25.3 Å². The largest absolute Gasteiger partial charge is 0.493 e. The summed E-state index contributed by atoms with van der Waals surface area (Å²) in [6.07, 6.45) is 4.11. The van der Waals surface area contributed by atoms with E-state index < -0.39 is 10.0 Å². The number of nitrogens with zero attached hydrogens (tertiary/aromatic N) is 1. The molecule has 1 aromatic carbocycles. The van der Waals surface area contributed by atoms with Gasteiger partial charge in [-0.3, -0.25) is 9.52 Å². The minimum absolute atomic E-state index is 0.00153. The van der Waals surface area contributed by atoms with Crippen LogP contribution in [-0.2, 0) is 17.1 Å². The number of hydrogen-bond donors (Lipinski definition) is 1. The number of ether oxygens (including phenoxy) is 1. The molecule has 0 amide bonds. The Balaban J connectivity index is 2.08. The van der Waals surface area contributed by atoms with Crippen LogP contribution in [0.15, 0.2) is 35.3 Å². The van der Waals surface area contributed by atoms with Gasteiger partial charge in [0.1, 0.15) is 5.75 Å². The lowest BCUT2D eigenvalue weighted by Gasteiger charge is -2.18. The molecule has 1 fully saturated rings. The Hall–Kier alpha value is -2.28. The number of hydrogen-bond acceptors (Lipinski definition) is 4. The van der Waals surface area contributed by atoms with Crippen molar-refractivity contribution in [2.24, 2.45) is 13.0 Å². The summed E-state index contributed by atoms with van der Waals surface area (Å²) in [5.74, 6) is 1.30. The highest BCUT2D eigenvalue weighted by atomic mass is 32.2. The summed E-state index contributed by atoms with van der Waals surface area (Å²) in [4.78, 5) is 11.7. The molecule has 0 atom stereocenters. The van der Waals surface area contributed by atoms with Gasteiger partial charge in [-0.1, -0.05) is 0 Å². The van der Waals surface area contributed by atoms with Crippen LogP contribution in [0, 0.1) is 12.8 Å². The lowest BCUT2D eigenvalue weighted by molar-refractivity contribution is 0.301. The number of pyridine rings is 1. The van der Waals surface area contributed by atoms with E-state index in [0.29, 0.717) is 24.0 Å². The maximum atomic E-state index is 12.0. The molecule has 0 spiro atoms. The second-order valence-electron chi connectivity index (χ2n) is 6.74. The van der Waals surface area contributed by atoms with E-state index in [-0.39, 0.29) is 11.3 Å². The first-order chi connectivity index (χ1) is 12.3. The SMILES string of the molecule is CCS(=O)(=O)Nc1ccc(OCC2CC2)c(-c2ccc(=O)n(C)c2)c1C. The number of benzene rings is 1. The van der Waals surface area contributed by atoms with Crippen LogP contribution in [0.1, 0.15) is 25.3 Å². The van der Waals surface area contributed by atoms with Gasteiger partial charge in [0.25, 0.3) is 0 Å². The van der Waals surface area contributed by atoms with Crippen molar-refractivity contribution in [1.29, 1.82) is 0 Å². The average molecular weight is 376 g/mol. The smallest absolute Gasteiger partial charge is 0.250 e. The van der Waals surface area contributed by atoms with Crippen molar-refractivity contribution in [3.8, 4) is 16.9 Å². The van der Waals surface area contributed by atoms with Crippen molar-refractivity contribution in [2.75, 3.05) is 17.1 Å². The Kier molecular flexibility index (Phi) is 5.09. The van der Waals surface area contributed by atoms with Crippen molar-refractivity contribution >= 4 is 15.7 Å². The zero-order chi connectivity index (χ0) is 18.9. The van der Waals surface area contributed by atoms with Gasteiger partial charge < -0.3 is 9.30 Å². The van der Waals surface area contributed by atoms with Gasteiger partial charge in [-0.15, -0.1) is 0 Å². The van der Waals surface area contributed by atoms with Crippen molar-refractivity contribution < 1.29 is 13.2 Å². The second kappa shape index (κ2) is 7.15. The fourth-order valence-electron chi connectivity index (χ4n) is 2.75. The predicted molar refractivity (Wildman–Crippen MR) is 103 cm³/mol. The van der Waals surface area contributed by atoms with E-state index >= 15 is 0 Å². The molecule has 0 unspecified atom stereocenters. The number of sulfonamides is 1. The van der Waals surface area contributed by atoms with Crippen LogP contribution in [0.5, 0.6) is 5.75 Å². The molecule has 1 N–H and O–H groups in total. The minimum Gasteiger partial charge on any atom is -0.493 e. The standard InChI is InChI=1S/C19H24N2O4S/c1-4-26(23,24)20-16-8-9-17(25-12-14-5-6-14)19(13(16)2)15-7-10-18(22)21(3)11-15/h7-11,14,20H,4-6,12H2,1-3H3. The quantitative estimate of drug-likeness (QED) is 0.806. The van der Waals surface area contributed by atoms with Crippen molar-refractivity contribution in [3.63, 3.8) is 0 Å². The number of rotatable bonds is 7. The molecule has 3 rings (SSSR count). The number of anilines is 1. The maximum absolute atomic E-state index is 12.0. The van der Waals surface area contributed by atoms with Gasteiger partial charge in [0.05, 0.1) is 18.0 Å².